The molecule has 8 nitrogen and oxygen atoms in total. The third-order valence-electron chi connectivity index (χ3n) is 4.30. The largest absolute Gasteiger partial charge is 0.491 e. The van der Waals surface area contributed by atoms with Gasteiger partial charge in [-0.15, -0.1) is 0 Å². The standard InChI is InChI=1S/C20H24BrN5O3/c1-25(2)18(28)11-26(3)10-15(27)12-29-16-6-4-13(5-7-16)19-23-17-8-14(21)9-22-20(17)24-19/h4-9,15,27H,10-12H2,1-3H3,(H,22,23,24). The smallest absolute Gasteiger partial charge is 0.236 e. The lowest BCUT2D eigenvalue weighted by Crippen LogP contribution is -2.39. The highest BCUT2D eigenvalue weighted by Crippen LogP contribution is 2.23. The van der Waals surface area contributed by atoms with Gasteiger partial charge in [0.2, 0.25) is 5.91 Å². The van der Waals surface area contributed by atoms with E-state index in [9.17, 15) is 9.90 Å². The van der Waals surface area contributed by atoms with Gasteiger partial charge < -0.3 is 19.7 Å². The number of rotatable bonds is 8. The van der Waals surface area contributed by atoms with E-state index in [4.69, 9.17) is 4.74 Å². The highest BCUT2D eigenvalue weighted by atomic mass is 79.9. The van der Waals surface area contributed by atoms with Gasteiger partial charge in [0.25, 0.3) is 0 Å². The third kappa shape index (κ3) is 5.75. The molecule has 29 heavy (non-hydrogen) atoms. The first kappa shape index (κ1) is 21.2. The third-order valence-corrected chi connectivity index (χ3v) is 4.73. The second kappa shape index (κ2) is 9.34. The summed E-state index contributed by atoms with van der Waals surface area (Å²) in [5.41, 5.74) is 2.42. The van der Waals surface area contributed by atoms with Crippen LogP contribution in [0.25, 0.3) is 22.6 Å². The molecule has 0 spiro atoms. The number of aliphatic hydroxyl groups excluding tert-OH is 1. The van der Waals surface area contributed by atoms with E-state index in [-0.39, 0.29) is 19.1 Å². The number of benzene rings is 1. The van der Waals surface area contributed by atoms with Crippen LogP contribution in [0.3, 0.4) is 0 Å². The molecule has 1 aromatic carbocycles. The summed E-state index contributed by atoms with van der Waals surface area (Å²) in [5.74, 6) is 1.37. The van der Waals surface area contributed by atoms with Crippen LogP contribution in [0.15, 0.2) is 41.0 Å². The van der Waals surface area contributed by atoms with E-state index in [0.29, 0.717) is 17.9 Å². The molecule has 0 bridgehead atoms. The first-order valence-electron chi connectivity index (χ1n) is 9.13. The average Bonchev–Trinajstić information content (AvgIpc) is 3.09. The highest BCUT2D eigenvalue weighted by Gasteiger charge is 2.13. The monoisotopic (exact) mass is 461 g/mol. The second-order valence-corrected chi connectivity index (χ2v) is 8.00. The molecule has 0 saturated carbocycles. The van der Waals surface area contributed by atoms with Crippen molar-refractivity contribution in [2.75, 3.05) is 40.8 Å². The van der Waals surface area contributed by atoms with Crippen molar-refractivity contribution in [3.63, 3.8) is 0 Å². The summed E-state index contributed by atoms with van der Waals surface area (Å²) in [6, 6.07) is 9.39. The van der Waals surface area contributed by atoms with Gasteiger partial charge in [0.1, 0.15) is 24.3 Å². The molecule has 0 aliphatic carbocycles. The topological polar surface area (TPSA) is 94.6 Å². The fourth-order valence-electron chi connectivity index (χ4n) is 2.76. The molecule has 1 atom stereocenters. The quantitative estimate of drug-likeness (QED) is 0.533. The van der Waals surface area contributed by atoms with Crippen LogP contribution in [-0.2, 0) is 4.79 Å². The summed E-state index contributed by atoms with van der Waals surface area (Å²) in [5, 5.41) is 10.2. The van der Waals surface area contributed by atoms with Gasteiger partial charge in [0.05, 0.1) is 12.1 Å². The van der Waals surface area contributed by atoms with E-state index in [1.165, 1.54) is 4.90 Å². The number of fused-ring (bicyclic) bond motifs is 1. The van der Waals surface area contributed by atoms with Gasteiger partial charge in [0, 0.05) is 36.9 Å². The Kier molecular flexibility index (Phi) is 6.83. The maximum Gasteiger partial charge on any atom is 0.236 e. The summed E-state index contributed by atoms with van der Waals surface area (Å²) in [7, 11) is 5.21. The second-order valence-electron chi connectivity index (χ2n) is 7.08. The normalized spacial score (nSPS) is 12.3. The van der Waals surface area contributed by atoms with E-state index >= 15 is 0 Å². The first-order chi connectivity index (χ1) is 13.8. The number of hydrogen-bond acceptors (Lipinski definition) is 6. The van der Waals surface area contributed by atoms with Gasteiger partial charge in [-0.25, -0.2) is 9.97 Å². The molecule has 3 rings (SSSR count). The number of aromatic amines is 1. The first-order valence-corrected chi connectivity index (χ1v) is 9.92. The Labute approximate surface area is 177 Å². The van der Waals surface area contributed by atoms with E-state index in [1.807, 2.05) is 30.3 Å². The lowest BCUT2D eigenvalue weighted by Gasteiger charge is -2.21. The number of ether oxygens (including phenoxy) is 1. The number of amides is 1. The van der Waals surface area contributed by atoms with E-state index in [2.05, 4.69) is 30.9 Å². The highest BCUT2D eigenvalue weighted by molar-refractivity contribution is 9.10. The van der Waals surface area contributed by atoms with Gasteiger partial charge in [0.15, 0.2) is 5.65 Å². The molecule has 1 amide bonds. The summed E-state index contributed by atoms with van der Waals surface area (Å²) < 4.78 is 6.55. The van der Waals surface area contributed by atoms with E-state index < -0.39 is 6.10 Å². The number of imidazole rings is 1. The number of carbonyl (C=O) groups excluding carboxylic acids is 1. The summed E-state index contributed by atoms with van der Waals surface area (Å²) >= 11 is 3.40. The average molecular weight is 462 g/mol. The van der Waals surface area contributed by atoms with Crippen molar-refractivity contribution in [3.05, 3.63) is 41.0 Å². The molecule has 3 aromatic rings. The Morgan fingerprint density at radius 3 is 2.69 bits per heavy atom. The molecular weight excluding hydrogens is 438 g/mol. The molecule has 9 heteroatoms. The predicted molar refractivity (Wildman–Crippen MR) is 115 cm³/mol. The van der Waals surface area contributed by atoms with Crippen LogP contribution in [0.2, 0.25) is 0 Å². The van der Waals surface area contributed by atoms with Crippen molar-refractivity contribution >= 4 is 33.0 Å². The van der Waals surface area contributed by atoms with Crippen LogP contribution in [-0.4, -0.2) is 82.7 Å². The summed E-state index contributed by atoms with van der Waals surface area (Å²) in [6.45, 7) is 0.739. The Balaban J connectivity index is 1.54. The molecule has 2 N–H and O–H groups in total. The number of nitrogens with one attached hydrogen (secondary N) is 1. The van der Waals surface area contributed by atoms with E-state index in [1.54, 1.807) is 32.2 Å². The molecule has 154 valence electrons. The number of pyridine rings is 1. The molecule has 0 radical (unpaired) electrons. The van der Waals surface area contributed by atoms with Crippen molar-refractivity contribution in [1.29, 1.82) is 0 Å². The van der Waals surface area contributed by atoms with Gasteiger partial charge >= 0.3 is 0 Å². The predicted octanol–water partition coefficient (Wildman–Crippen LogP) is 2.15. The van der Waals surface area contributed by atoms with Crippen LogP contribution in [0.5, 0.6) is 5.75 Å². The fraction of sp³-hybridized carbons (Fsp3) is 0.350. The SMILES string of the molecule is CN(CC(=O)N(C)C)CC(O)COc1ccc(-c2nc3ncc(Br)cc3[nH]2)cc1. The molecule has 0 aliphatic rings. The molecular formula is C20H24BrN5O3. The number of carbonyl (C=O) groups is 1. The zero-order valence-corrected chi connectivity index (χ0v) is 18.2. The number of likely N-dealkylation sites (N-methyl/N-ethyl adjacent to an activating group) is 2. The van der Waals surface area contributed by atoms with E-state index in [0.717, 1.165) is 21.4 Å². The van der Waals surface area contributed by atoms with Gasteiger partial charge in [-0.05, 0) is 53.3 Å². The fourth-order valence-corrected chi connectivity index (χ4v) is 3.09. The van der Waals surface area contributed by atoms with Crippen molar-refractivity contribution in [2.45, 2.75) is 6.10 Å². The van der Waals surface area contributed by atoms with Crippen LogP contribution in [0.4, 0.5) is 0 Å². The van der Waals surface area contributed by atoms with Gasteiger partial charge in [-0.1, -0.05) is 0 Å². The minimum atomic E-state index is -0.700. The molecule has 0 fully saturated rings. The molecule has 0 saturated heterocycles. The Bertz CT molecular complexity index is 974. The molecule has 0 aliphatic heterocycles. The maximum atomic E-state index is 11.7. The number of hydrogen-bond donors (Lipinski definition) is 2. The molecule has 1 unspecified atom stereocenters. The number of aromatic nitrogens is 3. The number of H-pyrrole nitrogens is 1. The van der Waals surface area contributed by atoms with Crippen LogP contribution >= 0.6 is 15.9 Å². The number of aliphatic hydroxyl groups is 1. The zero-order valence-electron chi connectivity index (χ0n) is 16.6. The Morgan fingerprint density at radius 1 is 1.28 bits per heavy atom. The van der Waals surface area contributed by atoms with Crippen molar-refractivity contribution < 1.29 is 14.6 Å². The minimum Gasteiger partial charge on any atom is -0.491 e. The number of nitrogens with zero attached hydrogens (tertiary/aromatic N) is 4. The number of halogens is 1. The lowest BCUT2D eigenvalue weighted by molar-refractivity contribution is -0.129. The van der Waals surface area contributed by atoms with Crippen LogP contribution in [0, 0.1) is 0 Å². The minimum absolute atomic E-state index is 0.00986. The lowest BCUT2D eigenvalue weighted by atomic mass is 10.2. The van der Waals surface area contributed by atoms with Crippen molar-refractivity contribution in [2.24, 2.45) is 0 Å². The van der Waals surface area contributed by atoms with Crippen molar-refractivity contribution in [3.8, 4) is 17.1 Å². The summed E-state index contributed by atoms with van der Waals surface area (Å²) in [6.07, 6.45) is 1.01. The van der Waals surface area contributed by atoms with Crippen LogP contribution in [0.1, 0.15) is 0 Å². The van der Waals surface area contributed by atoms with Gasteiger partial charge in [-0.3, -0.25) is 9.69 Å². The molecule has 2 heterocycles. The molecule has 2 aromatic heterocycles. The van der Waals surface area contributed by atoms with Crippen LogP contribution < -0.4 is 4.74 Å². The summed E-state index contributed by atoms with van der Waals surface area (Å²) in [4.78, 5) is 27.0. The maximum absolute atomic E-state index is 11.7. The zero-order chi connectivity index (χ0) is 21.0. The van der Waals surface area contributed by atoms with Crippen molar-refractivity contribution in [1.82, 2.24) is 24.8 Å². The van der Waals surface area contributed by atoms with Gasteiger partial charge in [-0.2, -0.15) is 0 Å². The Hall–Kier alpha value is -2.49. The Morgan fingerprint density at radius 2 is 2.00 bits per heavy atom.